The molecule has 0 amide bonds. The molecule has 19 heavy (non-hydrogen) atoms. The minimum Gasteiger partial charge on any atom is -0.366 e. The Morgan fingerprint density at radius 2 is 1.84 bits per heavy atom. The summed E-state index contributed by atoms with van der Waals surface area (Å²) in [6, 6.07) is 11.6. The topological polar surface area (TPSA) is 24.9 Å². The van der Waals surface area contributed by atoms with E-state index in [0.29, 0.717) is 6.54 Å². The Morgan fingerprint density at radius 1 is 1.11 bits per heavy atom. The van der Waals surface area contributed by atoms with Crippen LogP contribution >= 0.6 is 0 Å². The number of alkyl halides is 3. The molecule has 0 aliphatic carbocycles. The fourth-order valence-corrected chi connectivity index (χ4v) is 1.71. The second kappa shape index (κ2) is 5.30. The minimum atomic E-state index is -4.42. The normalized spacial score (nSPS) is 11.4. The lowest BCUT2D eigenvalue weighted by Crippen LogP contribution is -2.10. The molecule has 0 spiro atoms. The predicted octanol–water partition coefficient (Wildman–Crippen LogP) is 4.02. The molecule has 2 rings (SSSR count). The fourth-order valence-electron chi connectivity index (χ4n) is 1.71. The molecule has 0 aliphatic rings. The van der Waals surface area contributed by atoms with Crippen LogP contribution < -0.4 is 5.32 Å². The number of benzene rings is 1. The van der Waals surface area contributed by atoms with Gasteiger partial charge in [0, 0.05) is 6.54 Å². The van der Waals surface area contributed by atoms with Crippen LogP contribution in [0.5, 0.6) is 0 Å². The Hall–Kier alpha value is -2.04. The van der Waals surface area contributed by atoms with Crippen LogP contribution in [-0.4, -0.2) is 4.98 Å². The van der Waals surface area contributed by atoms with Crippen molar-refractivity contribution >= 4 is 5.82 Å². The predicted molar refractivity (Wildman–Crippen MR) is 67.7 cm³/mol. The van der Waals surface area contributed by atoms with E-state index < -0.39 is 11.9 Å². The van der Waals surface area contributed by atoms with Crippen LogP contribution in [0.3, 0.4) is 0 Å². The molecule has 100 valence electrons. The average molecular weight is 266 g/mol. The van der Waals surface area contributed by atoms with Gasteiger partial charge in [0.1, 0.15) is 11.5 Å². The highest BCUT2D eigenvalue weighted by Crippen LogP contribution is 2.28. The summed E-state index contributed by atoms with van der Waals surface area (Å²) in [6.07, 6.45) is -4.42. The molecular formula is C14H13F3N2. The van der Waals surface area contributed by atoms with Crippen LogP contribution in [0.1, 0.15) is 16.8 Å². The smallest absolute Gasteiger partial charge is 0.366 e. The van der Waals surface area contributed by atoms with Crippen molar-refractivity contribution in [2.75, 3.05) is 5.32 Å². The number of halogens is 3. The molecular weight excluding hydrogens is 253 g/mol. The van der Waals surface area contributed by atoms with Crippen LogP contribution in [0.2, 0.25) is 0 Å². The first-order valence-electron chi connectivity index (χ1n) is 5.79. The van der Waals surface area contributed by atoms with Crippen molar-refractivity contribution in [1.82, 2.24) is 4.98 Å². The molecule has 0 unspecified atom stereocenters. The summed E-state index contributed by atoms with van der Waals surface area (Å²) in [6.45, 7) is 2.40. The second-order valence-corrected chi connectivity index (χ2v) is 4.25. The highest BCUT2D eigenvalue weighted by molar-refractivity contribution is 5.37. The number of hydrogen-bond acceptors (Lipinski definition) is 2. The van der Waals surface area contributed by atoms with E-state index >= 15 is 0 Å². The zero-order valence-corrected chi connectivity index (χ0v) is 10.3. The molecule has 1 heterocycles. The molecule has 1 aromatic heterocycles. The molecule has 2 aromatic rings. The maximum absolute atomic E-state index is 12.5. The van der Waals surface area contributed by atoms with Crippen molar-refractivity contribution in [1.29, 1.82) is 0 Å². The Bertz CT molecular complexity index is 565. The first-order valence-corrected chi connectivity index (χ1v) is 5.79. The molecule has 1 aromatic carbocycles. The van der Waals surface area contributed by atoms with Crippen LogP contribution in [0, 0.1) is 6.92 Å². The van der Waals surface area contributed by atoms with Gasteiger partial charge in [-0.05, 0) is 24.6 Å². The van der Waals surface area contributed by atoms with E-state index in [4.69, 9.17) is 0 Å². The van der Waals surface area contributed by atoms with Crippen molar-refractivity contribution in [2.45, 2.75) is 19.6 Å². The first kappa shape index (κ1) is 13.4. The van der Waals surface area contributed by atoms with Crippen LogP contribution in [0.25, 0.3) is 0 Å². The van der Waals surface area contributed by atoms with Gasteiger partial charge in [0.2, 0.25) is 0 Å². The molecule has 0 atom stereocenters. The lowest BCUT2D eigenvalue weighted by Gasteiger charge is -2.09. The quantitative estimate of drug-likeness (QED) is 0.907. The van der Waals surface area contributed by atoms with E-state index in [9.17, 15) is 13.2 Å². The van der Waals surface area contributed by atoms with Crippen LogP contribution in [-0.2, 0) is 12.7 Å². The number of rotatable bonds is 3. The van der Waals surface area contributed by atoms with Gasteiger partial charge in [-0.2, -0.15) is 13.2 Å². The number of nitrogens with one attached hydrogen (secondary N) is 1. The largest absolute Gasteiger partial charge is 0.433 e. The number of pyridine rings is 1. The van der Waals surface area contributed by atoms with Crippen molar-refractivity contribution in [3.8, 4) is 0 Å². The Labute approximate surface area is 109 Å². The monoisotopic (exact) mass is 266 g/mol. The number of aryl methyl sites for hydroxylation is 1. The minimum absolute atomic E-state index is 0.219. The van der Waals surface area contributed by atoms with Gasteiger partial charge in [-0.15, -0.1) is 0 Å². The second-order valence-electron chi connectivity index (χ2n) is 4.25. The van der Waals surface area contributed by atoms with Crippen LogP contribution in [0.15, 0.2) is 42.5 Å². The molecule has 0 saturated heterocycles. The van der Waals surface area contributed by atoms with E-state index in [2.05, 4.69) is 10.3 Å². The first-order chi connectivity index (χ1) is 8.95. The summed E-state index contributed by atoms with van der Waals surface area (Å²) >= 11 is 0. The molecule has 0 radical (unpaired) electrons. The van der Waals surface area contributed by atoms with E-state index in [1.165, 1.54) is 12.1 Å². The van der Waals surface area contributed by atoms with Gasteiger partial charge in [0.25, 0.3) is 0 Å². The number of nitrogens with zero attached hydrogens (tertiary/aromatic N) is 1. The zero-order chi connectivity index (χ0) is 13.9. The van der Waals surface area contributed by atoms with Gasteiger partial charge in [-0.1, -0.05) is 35.9 Å². The van der Waals surface area contributed by atoms with Crippen molar-refractivity contribution < 1.29 is 13.2 Å². The summed E-state index contributed by atoms with van der Waals surface area (Å²) in [5, 5.41) is 2.89. The van der Waals surface area contributed by atoms with Gasteiger partial charge in [0.15, 0.2) is 0 Å². The molecule has 0 saturated carbocycles. The Balaban J connectivity index is 2.08. The molecule has 2 nitrogen and oxygen atoms in total. The van der Waals surface area contributed by atoms with Crippen molar-refractivity contribution in [3.05, 3.63) is 59.3 Å². The van der Waals surface area contributed by atoms with E-state index in [-0.39, 0.29) is 5.82 Å². The van der Waals surface area contributed by atoms with Gasteiger partial charge >= 0.3 is 6.18 Å². The maximum Gasteiger partial charge on any atom is 0.433 e. The molecule has 0 bridgehead atoms. The third-order valence-electron chi connectivity index (χ3n) is 2.60. The van der Waals surface area contributed by atoms with Crippen LogP contribution in [0.4, 0.5) is 19.0 Å². The summed E-state index contributed by atoms with van der Waals surface area (Å²) in [7, 11) is 0. The standard InChI is InChI=1S/C14H13F3N2/c1-10-4-2-5-11(8-10)9-18-13-7-3-6-12(19-13)14(15,16)17/h2-8H,9H2,1H3,(H,18,19). The van der Waals surface area contributed by atoms with Gasteiger partial charge in [-0.3, -0.25) is 0 Å². The third-order valence-corrected chi connectivity index (χ3v) is 2.60. The number of anilines is 1. The summed E-state index contributed by atoms with van der Waals surface area (Å²) in [5.41, 5.74) is 1.22. The van der Waals surface area contributed by atoms with Crippen molar-refractivity contribution in [3.63, 3.8) is 0 Å². The molecule has 1 N–H and O–H groups in total. The summed E-state index contributed by atoms with van der Waals surface area (Å²) < 4.78 is 37.5. The molecule has 0 aliphatic heterocycles. The summed E-state index contributed by atoms with van der Waals surface area (Å²) in [4.78, 5) is 3.55. The van der Waals surface area contributed by atoms with Crippen molar-refractivity contribution in [2.24, 2.45) is 0 Å². The van der Waals surface area contributed by atoms with Gasteiger partial charge < -0.3 is 5.32 Å². The highest BCUT2D eigenvalue weighted by atomic mass is 19.4. The molecule has 0 fully saturated rings. The zero-order valence-electron chi connectivity index (χ0n) is 10.3. The fraction of sp³-hybridized carbons (Fsp3) is 0.214. The maximum atomic E-state index is 12.5. The van der Waals surface area contributed by atoms with E-state index in [1.54, 1.807) is 0 Å². The highest BCUT2D eigenvalue weighted by Gasteiger charge is 2.32. The average Bonchev–Trinajstić information content (AvgIpc) is 2.36. The Kier molecular flexibility index (Phi) is 3.74. The number of aromatic nitrogens is 1. The third kappa shape index (κ3) is 3.71. The lowest BCUT2D eigenvalue weighted by molar-refractivity contribution is -0.141. The van der Waals surface area contributed by atoms with E-state index in [1.807, 2.05) is 31.2 Å². The summed E-state index contributed by atoms with van der Waals surface area (Å²) in [5.74, 6) is 0.219. The Morgan fingerprint density at radius 3 is 2.53 bits per heavy atom. The van der Waals surface area contributed by atoms with Gasteiger partial charge in [0.05, 0.1) is 0 Å². The number of hydrogen-bond donors (Lipinski definition) is 1. The SMILES string of the molecule is Cc1cccc(CNc2cccc(C(F)(F)F)n2)c1. The molecule has 5 heteroatoms. The van der Waals surface area contributed by atoms with E-state index in [0.717, 1.165) is 17.2 Å². The van der Waals surface area contributed by atoms with Gasteiger partial charge in [-0.25, -0.2) is 4.98 Å². The lowest BCUT2D eigenvalue weighted by atomic mass is 10.1.